The number of thioether (sulfide) groups is 1. The molecule has 0 aliphatic carbocycles. The van der Waals surface area contributed by atoms with Crippen molar-refractivity contribution >= 4 is 28.7 Å². The molecule has 0 aliphatic rings. The van der Waals surface area contributed by atoms with E-state index in [9.17, 15) is 4.79 Å². The molecule has 4 aromatic rings. The Bertz CT molecular complexity index is 1040. The smallest absolute Gasteiger partial charge is 0.251 e. The average molecular weight is 393 g/mol. The first-order valence-electron chi connectivity index (χ1n) is 8.82. The molecule has 0 bridgehead atoms. The van der Waals surface area contributed by atoms with Crippen molar-refractivity contribution in [1.82, 2.24) is 35.5 Å². The number of nitrogens with zero attached hydrogens (tertiary/aromatic N) is 5. The van der Waals surface area contributed by atoms with Gasteiger partial charge in [-0.05, 0) is 59.2 Å². The molecule has 0 saturated carbocycles. The van der Waals surface area contributed by atoms with Crippen molar-refractivity contribution in [2.24, 2.45) is 0 Å². The van der Waals surface area contributed by atoms with Crippen molar-refractivity contribution in [3.63, 3.8) is 0 Å². The molecule has 0 aliphatic heterocycles. The topological polar surface area (TPSA) is 101 Å². The van der Waals surface area contributed by atoms with Crippen LogP contribution in [0.25, 0.3) is 16.7 Å². The van der Waals surface area contributed by atoms with Gasteiger partial charge in [-0.15, -0.1) is 5.10 Å². The monoisotopic (exact) mass is 393 g/mol. The first-order valence-corrected chi connectivity index (χ1v) is 10.2. The summed E-state index contributed by atoms with van der Waals surface area (Å²) in [4.78, 5) is 20.9. The van der Waals surface area contributed by atoms with Crippen molar-refractivity contribution in [3.8, 4) is 5.69 Å². The lowest BCUT2D eigenvalue weighted by Crippen LogP contribution is -2.29. The highest BCUT2D eigenvalue weighted by Gasteiger charge is 2.19. The molecule has 0 spiro atoms. The van der Waals surface area contributed by atoms with Gasteiger partial charge in [-0.3, -0.25) is 4.79 Å². The number of imidazole rings is 1. The second-order valence-electron chi connectivity index (χ2n) is 6.25. The van der Waals surface area contributed by atoms with Gasteiger partial charge in [0.15, 0.2) is 0 Å². The third kappa shape index (κ3) is 3.89. The van der Waals surface area contributed by atoms with E-state index in [4.69, 9.17) is 0 Å². The minimum atomic E-state index is -0.205. The summed E-state index contributed by atoms with van der Waals surface area (Å²) >= 11 is 1.74. The number of amides is 1. The Hall–Kier alpha value is -3.20. The molecule has 2 N–H and O–H groups in total. The Labute approximate surface area is 165 Å². The van der Waals surface area contributed by atoms with Gasteiger partial charge >= 0.3 is 0 Å². The molecule has 0 radical (unpaired) electrons. The zero-order valence-corrected chi connectivity index (χ0v) is 16.1. The Morgan fingerprint density at radius 2 is 2.14 bits per heavy atom. The number of aromatic amines is 1. The molecule has 2 aromatic carbocycles. The highest BCUT2D eigenvalue weighted by atomic mass is 32.2. The first-order chi connectivity index (χ1) is 13.7. The van der Waals surface area contributed by atoms with Gasteiger partial charge in [0.25, 0.3) is 5.91 Å². The van der Waals surface area contributed by atoms with Crippen LogP contribution in [-0.2, 0) is 0 Å². The number of hydrogen-bond acceptors (Lipinski definition) is 6. The minimum Gasteiger partial charge on any atom is -0.342 e. The maximum atomic E-state index is 12.9. The number of rotatable bonds is 7. The van der Waals surface area contributed by atoms with E-state index in [0.29, 0.717) is 5.56 Å². The average Bonchev–Trinajstić information content (AvgIpc) is 3.41. The van der Waals surface area contributed by atoms with Crippen LogP contribution in [0, 0.1) is 0 Å². The molecule has 2 aromatic heterocycles. The summed E-state index contributed by atoms with van der Waals surface area (Å²) in [5, 5.41) is 14.2. The zero-order valence-electron chi connectivity index (χ0n) is 15.2. The Balaban J connectivity index is 1.58. The number of nitrogens with one attached hydrogen (secondary N) is 2. The summed E-state index contributed by atoms with van der Waals surface area (Å²) in [6.45, 7) is 0. The number of hydrogen-bond donors (Lipinski definition) is 2. The number of benzene rings is 2. The molecule has 9 heteroatoms. The SMILES string of the molecule is CSCC[C@@H](NC(=O)c1cccc(-n2cnnn2)c1)c1nc2ccccc2[nH]1. The van der Waals surface area contributed by atoms with E-state index in [1.165, 1.54) is 11.0 Å². The summed E-state index contributed by atoms with van der Waals surface area (Å²) in [5.74, 6) is 1.51. The van der Waals surface area contributed by atoms with Crippen molar-refractivity contribution < 1.29 is 4.79 Å². The number of carbonyl (C=O) groups excluding carboxylic acids is 1. The predicted octanol–water partition coefficient (Wildman–Crippen LogP) is 2.76. The number of tetrazole rings is 1. The maximum absolute atomic E-state index is 12.9. The lowest BCUT2D eigenvalue weighted by Gasteiger charge is -2.16. The summed E-state index contributed by atoms with van der Waals surface area (Å²) in [7, 11) is 0. The van der Waals surface area contributed by atoms with Crippen LogP contribution in [0.5, 0.6) is 0 Å². The molecule has 142 valence electrons. The molecule has 0 fully saturated rings. The van der Waals surface area contributed by atoms with E-state index in [1.807, 2.05) is 42.7 Å². The molecule has 28 heavy (non-hydrogen) atoms. The molecule has 0 unspecified atom stereocenters. The molecule has 1 amide bonds. The van der Waals surface area contributed by atoms with Gasteiger partial charge in [-0.1, -0.05) is 18.2 Å². The second-order valence-corrected chi connectivity index (χ2v) is 7.24. The second kappa shape index (κ2) is 8.22. The lowest BCUT2D eigenvalue weighted by atomic mass is 10.1. The quantitative estimate of drug-likeness (QED) is 0.501. The van der Waals surface area contributed by atoms with Crippen molar-refractivity contribution in [2.45, 2.75) is 12.5 Å². The fraction of sp³-hybridized carbons (Fsp3) is 0.211. The van der Waals surface area contributed by atoms with E-state index in [-0.39, 0.29) is 11.9 Å². The van der Waals surface area contributed by atoms with Crippen LogP contribution in [0.15, 0.2) is 54.9 Å². The molecular formula is C19H19N7OS. The molecular weight excluding hydrogens is 374 g/mol. The predicted molar refractivity (Wildman–Crippen MR) is 108 cm³/mol. The van der Waals surface area contributed by atoms with Crippen LogP contribution in [0.4, 0.5) is 0 Å². The van der Waals surface area contributed by atoms with E-state index < -0.39 is 0 Å². The Kier molecular flexibility index (Phi) is 5.34. The number of carbonyl (C=O) groups is 1. The molecule has 2 heterocycles. The third-order valence-electron chi connectivity index (χ3n) is 4.38. The van der Waals surface area contributed by atoms with Crippen molar-refractivity contribution in [2.75, 3.05) is 12.0 Å². The number of fused-ring (bicyclic) bond motifs is 1. The number of H-pyrrole nitrogens is 1. The van der Waals surface area contributed by atoms with E-state index in [1.54, 1.807) is 23.9 Å². The fourth-order valence-corrected chi connectivity index (χ4v) is 3.43. The Morgan fingerprint density at radius 3 is 2.93 bits per heavy atom. The largest absolute Gasteiger partial charge is 0.342 e. The van der Waals surface area contributed by atoms with Crippen LogP contribution in [0.1, 0.15) is 28.6 Å². The maximum Gasteiger partial charge on any atom is 0.251 e. The van der Waals surface area contributed by atoms with Crippen LogP contribution in [0.2, 0.25) is 0 Å². The zero-order chi connectivity index (χ0) is 19.3. The standard InChI is InChI=1S/C19H19N7OS/c1-28-10-9-17(18-21-15-7-2-3-8-16(15)22-18)23-19(27)13-5-4-6-14(11-13)26-12-20-24-25-26/h2-8,11-12,17H,9-10H2,1H3,(H,21,22)(H,23,27)/t17-/m1/s1. The highest BCUT2D eigenvalue weighted by Crippen LogP contribution is 2.21. The Morgan fingerprint density at radius 1 is 1.25 bits per heavy atom. The number of aromatic nitrogens is 6. The molecule has 0 saturated heterocycles. The van der Waals surface area contributed by atoms with Crippen molar-refractivity contribution in [3.05, 3.63) is 66.2 Å². The summed E-state index contributed by atoms with van der Waals surface area (Å²) in [6, 6.07) is 14.8. The number of para-hydroxylation sites is 2. The lowest BCUT2D eigenvalue weighted by molar-refractivity contribution is 0.0934. The van der Waals surface area contributed by atoms with Crippen LogP contribution >= 0.6 is 11.8 Å². The highest BCUT2D eigenvalue weighted by molar-refractivity contribution is 7.98. The van der Waals surface area contributed by atoms with Gasteiger partial charge in [0.05, 0.1) is 22.8 Å². The van der Waals surface area contributed by atoms with Crippen LogP contribution in [-0.4, -0.2) is 48.1 Å². The van der Waals surface area contributed by atoms with E-state index >= 15 is 0 Å². The summed E-state index contributed by atoms with van der Waals surface area (Å²) in [5.41, 5.74) is 3.11. The van der Waals surface area contributed by atoms with E-state index in [0.717, 1.165) is 34.7 Å². The van der Waals surface area contributed by atoms with Gasteiger partial charge in [-0.2, -0.15) is 11.8 Å². The van der Waals surface area contributed by atoms with Gasteiger partial charge in [0.1, 0.15) is 12.2 Å². The van der Waals surface area contributed by atoms with Gasteiger partial charge in [0, 0.05) is 5.56 Å². The van der Waals surface area contributed by atoms with E-state index in [2.05, 4.69) is 30.8 Å². The third-order valence-corrected chi connectivity index (χ3v) is 5.02. The van der Waals surface area contributed by atoms with Gasteiger partial charge < -0.3 is 10.3 Å². The van der Waals surface area contributed by atoms with Crippen LogP contribution < -0.4 is 5.32 Å². The molecule has 4 rings (SSSR count). The van der Waals surface area contributed by atoms with Crippen LogP contribution in [0.3, 0.4) is 0 Å². The molecule has 8 nitrogen and oxygen atoms in total. The fourth-order valence-electron chi connectivity index (χ4n) is 2.96. The molecule has 1 atom stereocenters. The summed E-state index contributed by atoms with van der Waals surface area (Å²) in [6.07, 6.45) is 4.32. The van der Waals surface area contributed by atoms with Gasteiger partial charge in [-0.25, -0.2) is 9.67 Å². The van der Waals surface area contributed by atoms with Crippen molar-refractivity contribution in [1.29, 1.82) is 0 Å². The first kappa shape index (κ1) is 18.2. The summed E-state index contributed by atoms with van der Waals surface area (Å²) < 4.78 is 1.52. The normalized spacial score (nSPS) is 12.2. The van der Waals surface area contributed by atoms with Gasteiger partial charge in [0.2, 0.25) is 0 Å². The minimum absolute atomic E-state index is 0.165.